The average Bonchev–Trinajstić information content (AvgIpc) is 2.27. The molecule has 0 aliphatic rings. The molecule has 0 radical (unpaired) electrons. The van der Waals surface area contributed by atoms with Crippen molar-refractivity contribution in [2.45, 2.75) is 0 Å². The molecule has 0 heterocycles. The molecule has 2 rings (SSSR count). The van der Waals surface area contributed by atoms with Crippen LogP contribution in [-0.2, 0) is 0 Å². The van der Waals surface area contributed by atoms with Crippen LogP contribution in [0.5, 0.6) is 0 Å². The summed E-state index contributed by atoms with van der Waals surface area (Å²) < 4.78 is 2.64. The summed E-state index contributed by atoms with van der Waals surface area (Å²) >= 11 is 10.1. The molecule has 5 heteroatoms. The van der Waals surface area contributed by atoms with E-state index in [9.17, 15) is 4.79 Å². The number of hydrogen-bond acceptors (Lipinski definition) is 1. The molecule has 0 bridgehead atoms. The molecule has 92 valence electrons. The van der Waals surface area contributed by atoms with Crippen molar-refractivity contribution < 1.29 is 4.79 Å². The van der Waals surface area contributed by atoms with Crippen LogP contribution in [0, 0.1) is 0 Å². The summed E-state index contributed by atoms with van der Waals surface area (Å²) in [5.41, 5.74) is 1.35. The van der Waals surface area contributed by atoms with Crippen LogP contribution in [0.1, 0.15) is 10.4 Å². The molecule has 0 saturated carbocycles. The van der Waals surface area contributed by atoms with Gasteiger partial charge < -0.3 is 5.32 Å². The van der Waals surface area contributed by atoms with Crippen molar-refractivity contribution in [3.8, 4) is 0 Å². The Kier molecular flexibility index (Phi) is 4.59. The molecule has 0 saturated heterocycles. The van der Waals surface area contributed by atoms with Gasteiger partial charge in [-0.3, -0.25) is 4.79 Å². The Morgan fingerprint density at radius 3 is 2.17 bits per heavy atom. The molecular formula is C13H8Br3NO. The van der Waals surface area contributed by atoms with Gasteiger partial charge in [-0.25, -0.2) is 0 Å². The van der Waals surface area contributed by atoms with Gasteiger partial charge in [-0.2, -0.15) is 0 Å². The maximum atomic E-state index is 12.1. The van der Waals surface area contributed by atoms with Crippen LogP contribution in [0.3, 0.4) is 0 Å². The van der Waals surface area contributed by atoms with E-state index in [1.165, 1.54) is 0 Å². The molecule has 2 nitrogen and oxygen atoms in total. The van der Waals surface area contributed by atoms with Crippen molar-refractivity contribution in [3.63, 3.8) is 0 Å². The zero-order valence-corrected chi connectivity index (χ0v) is 13.8. The van der Waals surface area contributed by atoms with Crippen LogP contribution < -0.4 is 5.32 Å². The lowest BCUT2D eigenvalue weighted by atomic mass is 10.2. The number of benzene rings is 2. The summed E-state index contributed by atoms with van der Waals surface area (Å²) in [7, 11) is 0. The van der Waals surface area contributed by atoms with Gasteiger partial charge >= 0.3 is 0 Å². The van der Waals surface area contributed by atoms with E-state index < -0.39 is 0 Å². The van der Waals surface area contributed by atoms with Gasteiger partial charge in [0.25, 0.3) is 5.91 Å². The van der Waals surface area contributed by atoms with Crippen LogP contribution in [0.15, 0.2) is 55.9 Å². The fraction of sp³-hybridized carbons (Fsp3) is 0. The first-order valence-corrected chi connectivity index (χ1v) is 7.45. The lowest BCUT2D eigenvalue weighted by molar-refractivity contribution is 0.102. The highest BCUT2D eigenvalue weighted by Gasteiger charge is 2.08. The minimum Gasteiger partial charge on any atom is -0.322 e. The molecule has 0 aromatic heterocycles. The lowest BCUT2D eigenvalue weighted by Gasteiger charge is -2.06. The molecule has 2 aromatic carbocycles. The quantitative estimate of drug-likeness (QED) is 0.690. The summed E-state index contributed by atoms with van der Waals surface area (Å²) in [6.07, 6.45) is 0. The van der Waals surface area contributed by atoms with Crippen molar-refractivity contribution in [2.75, 3.05) is 5.32 Å². The van der Waals surface area contributed by atoms with Crippen molar-refractivity contribution >= 4 is 59.4 Å². The second kappa shape index (κ2) is 5.99. The normalized spacial score (nSPS) is 10.2. The second-order valence-electron chi connectivity index (χ2n) is 3.62. The minimum atomic E-state index is -0.143. The van der Waals surface area contributed by atoms with Crippen LogP contribution in [0.25, 0.3) is 0 Å². The molecule has 0 spiro atoms. The SMILES string of the molecule is O=C(Nc1cccc(Br)c1)c1cc(Br)cc(Br)c1. The molecule has 1 N–H and O–H groups in total. The van der Waals surface area contributed by atoms with Crippen LogP contribution in [0.2, 0.25) is 0 Å². The Balaban J connectivity index is 2.22. The first kappa shape index (κ1) is 13.8. The Hall–Kier alpha value is -0.650. The van der Waals surface area contributed by atoms with Crippen molar-refractivity contribution in [2.24, 2.45) is 0 Å². The molecule has 0 atom stereocenters. The molecule has 2 aromatic rings. The Bertz CT molecular complexity index is 578. The number of carbonyl (C=O) groups is 1. The molecule has 0 aliphatic carbocycles. The van der Waals surface area contributed by atoms with Crippen molar-refractivity contribution in [1.82, 2.24) is 0 Å². The van der Waals surface area contributed by atoms with E-state index in [-0.39, 0.29) is 5.91 Å². The fourth-order valence-corrected chi connectivity index (χ4v) is 3.15. The second-order valence-corrected chi connectivity index (χ2v) is 6.37. The van der Waals surface area contributed by atoms with Crippen LogP contribution in [0.4, 0.5) is 5.69 Å². The third-order valence-corrected chi connectivity index (χ3v) is 3.62. The number of hydrogen-bond donors (Lipinski definition) is 1. The van der Waals surface area contributed by atoms with Crippen LogP contribution >= 0.6 is 47.8 Å². The van der Waals surface area contributed by atoms with Gasteiger partial charge in [0.2, 0.25) is 0 Å². The topological polar surface area (TPSA) is 29.1 Å². The molecule has 0 aliphatic heterocycles. The van der Waals surface area contributed by atoms with Gasteiger partial charge in [0.15, 0.2) is 0 Å². The molecule has 0 unspecified atom stereocenters. The first-order chi connectivity index (χ1) is 8.54. The summed E-state index contributed by atoms with van der Waals surface area (Å²) in [4.78, 5) is 12.1. The summed E-state index contributed by atoms with van der Waals surface area (Å²) in [5, 5.41) is 2.84. The Morgan fingerprint density at radius 2 is 1.56 bits per heavy atom. The third kappa shape index (κ3) is 3.67. The molecule has 18 heavy (non-hydrogen) atoms. The van der Waals surface area contributed by atoms with Gasteiger partial charge in [-0.05, 0) is 36.4 Å². The minimum absolute atomic E-state index is 0.143. The zero-order chi connectivity index (χ0) is 13.1. The van der Waals surface area contributed by atoms with Crippen molar-refractivity contribution in [1.29, 1.82) is 0 Å². The average molecular weight is 434 g/mol. The predicted octanol–water partition coefficient (Wildman–Crippen LogP) is 5.23. The monoisotopic (exact) mass is 431 g/mol. The molecular weight excluding hydrogens is 426 g/mol. The van der Waals surface area contributed by atoms with E-state index in [0.29, 0.717) is 5.56 Å². The number of carbonyl (C=O) groups excluding carboxylic acids is 1. The summed E-state index contributed by atoms with van der Waals surface area (Å²) in [6.45, 7) is 0. The highest BCUT2D eigenvalue weighted by Crippen LogP contribution is 2.21. The predicted molar refractivity (Wildman–Crippen MR) is 83.9 cm³/mol. The highest BCUT2D eigenvalue weighted by molar-refractivity contribution is 9.11. The van der Waals surface area contributed by atoms with Crippen molar-refractivity contribution in [3.05, 3.63) is 61.4 Å². The largest absolute Gasteiger partial charge is 0.322 e. The first-order valence-electron chi connectivity index (χ1n) is 5.07. The molecule has 0 fully saturated rings. The lowest BCUT2D eigenvalue weighted by Crippen LogP contribution is -2.11. The summed E-state index contributed by atoms with van der Waals surface area (Å²) in [6, 6.07) is 12.9. The maximum Gasteiger partial charge on any atom is 0.255 e. The Morgan fingerprint density at radius 1 is 0.889 bits per heavy atom. The number of rotatable bonds is 2. The third-order valence-electron chi connectivity index (χ3n) is 2.21. The van der Waals surface area contributed by atoms with Crippen LogP contribution in [-0.4, -0.2) is 5.91 Å². The zero-order valence-electron chi connectivity index (χ0n) is 9.08. The molecule has 1 amide bonds. The van der Waals surface area contributed by atoms with E-state index in [1.807, 2.05) is 30.3 Å². The number of amides is 1. The number of halogens is 3. The van der Waals surface area contributed by atoms with Gasteiger partial charge in [0.1, 0.15) is 0 Å². The number of anilines is 1. The Labute approximate surface area is 130 Å². The highest BCUT2D eigenvalue weighted by atomic mass is 79.9. The van der Waals surface area contributed by atoms with E-state index >= 15 is 0 Å². The standard InChI is InChI=1S/C13H8Br3NO/c14-9-2-1-3-12(7-9)17-13(18)8-4-10(15)6-11(16)5-8/h1-7H,(H,17,18). The smallest absolute Gasteiger partial charge is 0.255 e. The van der Waals surface area contributed by atoms with E-state index in [4.69, 9.17) is 0 Å². The van der Waals surface area contributed by atoms with Gasteiger partial charge in [-0.1, -0.05) is 53.9 Å². The maximum absolute atomic E-state index is 12.1. The fourth-order valence-electron chi connectivity index (χ4n) is 1.45. The van der Waals surface area contributed by atoms with E-state index in [0.717, 1.165) is 19.1 Å². The number of nitrogens with one attached hydrogen (secondary N) is 1. The van der Waals surface area contributed by atoms with Gasteiger partial charge in [0.05, 0.1) is 0 Å². The van der Waals surface area contributed by atoms with Gasteiger partial charge in [-0.15, -0.1) is 0 Å². The van der Waals surface area contributed by atoms with E-state index in [1.54, 1.807) is 12.1 Å². The van der Waals surface area contributed by atoms with E-state index in [2.05, 4.69) is 53.1 Å². The van der Waals surface area contributed by atoms with Gasteiger partial charge in [0, 0.05) is 24.7 Å². The summed E-state index contributed by atoms with van der Waals surface area (Å²) in [5.74, 6) is -0.143.